The summed E-state index contributed by atoms with van der Waals surface area (Å²) in [6.07, 6.45) is -1.59. The molecule has 8 amide bonds. The Hall–Kier alpha value is -6.56. The normalized spacial score (nSPS) is 20.4. The van der Waals surface area contributed by atoms with Crippen molar-refractivity contribution in [2.45, 2.75) is 108 Å². The van der Waals surface area contributed by atoms with Crippen molar-refractivity contribution >= 4 is 125 Å². The molecule has 0 spiro atoms. The van der Waals surface area contributed by atoms with Gasteiger partial charge in [-0.3, -0.25) is 72.2 Å². The zero-order chi connectivity index (χ0) is 73.8. The molecule has 0 aliphatic carbocycles. The number of ether oxygens (including phenoxy) is 7. The molecule has 15 N–H and O–H groups in total. The molecule has 2 aliphatic heterocycles. The molecule has 2 fully saturated rings. The number of unbranched alkanes of at least 4 members (excludes halogenated alkanes) is 1. The topological polar surface area (TPSA) is 503 Å². The van der Waals surface area contributed by atoms with Gasteiger partial charge in [-0.2, -0.15) is 0 Å². The van der Waals surface area contributed by atoms with Gasteiger partial charge >= 0.3 is 5.97 Å². The first-order valence-electron chi connectivity index (χ1n) is 33.3. The molecule has 2 saturated heterocycles. The number of carboxylic acid groups (broad SMARTS) is 1. The lowest BCUT2D eigenvalue weighted by Crippen LogP contribution is -2.52. The summed E-state index contributed by atoms with van der Waals surface area (Å²) in [5.41, 5.74) is 11.7. The maximum atomic E-state index is 14.7. The summed E-state index contributed by atoms with van der Waals surface area (Å²) in [6, 6.07) is 3.41. The lowest BCUT2D eigenvalue weighted by Gasteiger charge is -2.26. The van der Waals surface area contributed by atoms with E-state index in [9.17, 15) is 67.4 Å². The molecule has 38 heteroatoms. The molecule has 3 rings (SSSR count). The number of rotatable bonds is 43. The minimum absolute atomic E-state index is 0.00393. The highest BCUT2D eigenvalue weighted by Gasteiger charge is 2.36. The predicted molar refractivity (Wildman–Crippen MR) is 376 cm³/mol. The van der Waals surface area contributed by atoms with Gasteiger partial charge in [-0.25, -0.2) is 5.90 Å². The summed E-state index contributed by atoms with van der Waals surface area (Å²) in [4.78, 5) is 185. The summed E-state index contributed by atoms with van der Waals surface area (Å²) in [5.74, 6) is -8.28. The van der Waals surface area contributed by atoms with Crippen molar-refractivity contribution in [3.8, 4) is 0 Å². The van der Waals surface area contributed by atoms with Crippen molar-refractivity contribution in [2.24, 2.45) is 40.1 Å². The number of aliphatic carboxylic acids is 1. The number of amides is 8. The van der Waals surface area contributed by atoms with Crippen molar-refractivity contribution < 1.29 is 105 Å². The lowest BCUT2D eigenvalue weighted by molar-refractivity contribution is -0.142. The van der Waals surface area contributed by atoms with E-state index in [0.717, 1.165) is 32.4 Å². The van der Waals surface area contributed by atoms with Gasteiger partial charge in [0.1, 0.15) is 25.9 Å². The maximum absolute atomic E-state index is 14.7. The third-order valence-corrected chi connectivity index (χ3v) is 19.3. The van der Waals surface area contributed by atoms with Crippen LogP contribution in [0.3, 0.4) is 0 Å². The van der Waals surface area contributed by atoms with Crippen LogP contribution in [0.25, 0.3) is 0 Å². The van der Waals surface area contributed by atoms with Crippen LogP contribution in [0.15, 0.2) is 35.3 Å². The molecule has 568 valence electrons. The average molecular weight is 1510 g/mol. The fourth-order valence-corrected chi connectivity index (χ4v) is 13.8. The van der Waals surface area contributed by atoms with Crippen LogP contribution in [-0.2, 0) is 102 Å². The molecule has 34 nitrogen and oxygen atoms in total. The Bertz CT molecular complexity index is 2770. The molecule has 0 aromatic heterocycles. The van der Waals surface area contributed by atoms with E-state index >= 15 is 0 Å². The van der Waals surface area contributed by atoms with Crippen molar-refractivity contribution in [1.29, 1.82) is 0 Å². The van der Waals surface area contributed by atoms with Gasteiger partial charge in [0.25, 0.3) is 5.24 Å². The number of benzene rings is 1. The Morgan fingerprint density at radius 2 is 1.12 bits per heavy atom. The Labute approximate surface area is 603 Å². The molecule has 101 heavy (non-hydrogen) atoms. The number of nitrogens with one attached hydrogen (secondary N) is 8. The molecule has 1 aromatic carbocycles. The molecule has 1 aromatic rings. The van der Waals surface area contributed by atoms with Gasteiger partial charge in [-0.1, -0.05) is 62.7 Å². The number of hydrogen-bond acceptors (Lipinski definition) is 27. The van der Waals surface area contributed by atoms with Crippen LogP contribution in [0.2, 0.25) is 0 Å². The molecular formula is C63H100N12O22S4. The van der Waals surface area contributed by atoms with Crippen molar-refractivity contribution in [3.05, 3.63) is 35.9 Å². The van der Waals surface area contributed by atoms with Crippen LogP contribution in [0.4, 0.5) is 4.79 Å². The number of nitrogens with two attached hydrogens (primary N) is 3. The Morgan fingerprint density at radius 3 is 1.69 bits per heavy atom. The second-order valence-corrected chi connectivity index (χ2v) is 27.8. The number of ketones is 4. The fourth-order valence-electron chi connectivity index (χ4n) is 9.60. The lowest BCUT2D eigenvalue weighted by atomic mass is 9.90. The smallest absolute Gasteiger partial charge is 0.304 e. The van der Waals surface area contributed by atoms with Crippen LogP contribution in [0, 0.1) is 17.8 Å². The van der Waals surface area contributed by atoms with Crippen LogP contribution in [-0.4, -0.2) is 260 Å². The van der Waals surface area contributed by atoms with Gasteiger partial charge in [-0.05, 0) is 57.4 Å². The van der Waals surface area contributed by atoms with Crippen LogP contribution in [0.1, 0.15) is 83.1 Å². The standard InChI is InChI=1S/C63H100N12O22S4/c1-2-90-19-9-14-51(77)48-41-100-101-63(89)75-47(13-6-7-15-67-54(80)36-96-37-55(81)68-17-20-91-22-24-93-26-28-95-29-27-94-25-23-92-21-18-69-56(82)38-97-66)61(88)74-50-40-99-98-39-49(53(79)33-44(59(86)72-48)30-42-10-4-3-5-11-42)73-60(87)45(34-57(83)84)31-46(76)35-71-58(85)43(32-52(50)78)12-8-16-70-62(64)65/h3-5,10-11,43-45,47-50H,2,6-9,12-41,66H2,1H3,(H,67,80)(H,68,81)(H,69,82)(H,71,85)(H,72,86)(H,73,87)(H,74,88)(H,75,89)(H,83,84)(H4,64,65,70)/t43-,44-,45+,47+,48+,49+,50+/m1/s1. The predicted octanol–water partition coefficient (Wildman–Crippen LogP) is -1.18. The highest BCUT2D eigenvalue weighted by molar-refractivity contribution is 8.82. The van der Waals surface area contributed by atoms with Crippen molar-refractivity contribution in [2.75, 3.05) is 149 Å². The van der Waals surface area contributed by atoms with Crippen LogP contribution < -0.4 is 59.9 Å². The number of Topliss-reactive ketones (excluding diaryl/α,β-unsaturated/α-hetero) is 4. The van der Waals surface area contributed by atoms with Gasteiger partial charge in [0.05, 0.1) is 103 Å². The number of carboxylic acids is 1. The van der Waals surface area contributed by atoms with Crippen molar-refractivity contribution in [1.82, 2.24) is 42.5 Å². The second kappa shape index (κ2) is 55.0. The van der Waals surface area contributed by atoms with Crippen LogP contribution in [0.5, 0.6) is 0 Å². The molecule has 0 unspecified atom stereocenters. The highest BCUT2D eigenvalue weighted by Crippen LogP contribution is 2.28. The number of carbonyl (C=O) groups excluding carboxylic acids is 12. The number of carbonyl (C=O) groups is 13. The number of fused-ring (bicyclic) bond motifs is 5. The van der Waals surface area contributed by atoms with E-state index in [0.29, 0.717) is 88.8 Å². The maximum Gasteiger partial charge on any atom is 0.304 e. The molecule has 7 atom stereocenters. The molecule has 0 saturated carbocycles. The fraction of sp³-hybridized carbons (Fsp3) is 0.683. The minimum Gasteiger partial charge on any atom is -0.481 e. The third kappa shape index (κ3) is 42.6. The van der Waals surface area contributed by atoms with E-state index in [1.807, 2.05) is 0 Å². The molecular weight excluding hydrogens is 1410 g/mol. The molecule has 2 heterocycles. The zero-order valence-electron chi connectivity index (χ0n) is 57.0. The first-order chi connectivity index (χ1) is 48.7. The number of guanidine groups is 1. The van der Waals surface area contributed by atoms with E-state index in [2.05, 4.69) is 52.4 Å². The molecule has 2 bridgehead atoms. The van der Waals surface area contributed by atoms with E-state index in [4.69, 9.17) is 50.5 Å². The summed E-state index contributed by atoms with van der Waals surface area (Å²) < 4.78 is 37.9. The second-order valence-electron chi connectivity index (χ2n) is 22.9. The van der Waals surface area contributed by atoms with Gasteiger partial charge in [0.2, 0.25) is 41.4 Å². The van der Waals surface area contributed by atoms with E-state index in [1.165, 1.54) is 0 Å². The number of hydrogen-bond donors (Lipinski definition) is 12. The largest absolute Gasteiger partial charge is 0.481 e. The minimum atomic E-state index is -1.52. The summed E-state index contributed by atoms with van der Waals surface area (Å²) >= 11 is 0. The highest BCUT2D eigenvalue weighted by atomic mass is 33.1. The van der Waals surface area contributed by atoms with Gasteiger partial charge in [0.15, 0.2) is 29.1 Å². The van der Waals surface area contributed by atoms with E-state index in [-0.39, 0.29) is 120 Å². The number of nitrogens with zero attached hydrogens (tertiary/aromatic N) is 1. The molecule has 0 radical (unpaired) electrons. The Morgan fingerprint density at radius 1 is 0.564 bits per heavy atom. The van der Waals surface area contributed by atoms with Crippen molar-refractivity contribution in [3.63, 3.8) is 0 Å². The number of aliphatic imine (C=N–C) groups is 1. The average Bonchev–Trinajstić information content (AvgIpc) is 1.33. The first kappa shape index (κ1) is 88.7. The molecule has 2 aliphatic rings. The monoisotopic (exact) mass is 1500 g/mol. The Kier molecular flexibility index (Phi) is 48.3. The van der Waals surface area contributed by atoms with Crippen LogP contribution >= 0.6 is 43.2 Å². The van der Waals surface area contributed by atoms with E-state index < -0.39 is 157 Å². The zero-order valence-corrected chi connectivity index (χ0v) is 60.3. The first-order valence-corrected chi connectivity index (χ1v) is 38.1. The quantitative estimate of drug-likeness (QED) is 0.0120. The summed E-state index contributed by atoms with van der Waals surface area (Å²) in [6.45, 7) is 4.45. The van der Waals surface area contributed by atoms with Gasteiger partial charge < -0.3 is 92.3 Å². The third-order valence-electron chi connectivity index (χ3n) is 14.8. The summed E-state index contributed by atoms with van der Waals surface area (Å²) in [5, 5.41) is 30.4. The summed E-state index contributed by atoms with van der Waals surface area (Å²) in [7, 11) is 3.55. The SMILES string of the molecule is CCOCCCC(=O)[C@@H]1CSSC(=O)N[C@@H](CCCCNC(=O)COCC(=O)NCCOCCOCCOCCOCCOCCNC(=O)CON)C(=O)N[C@H]2CSSC[C@H](NC(=O)[C@H](CC(=O)O)CC(=O)CNC(=O)[C@H](CCCN=C(N)N)CC2=O)C(=O)C[C@@H](Cc2ccccc2)C(=O)N1. The van der Waals surface area contributed by atoms with Gasteiger partial charge in [0, 0.05) is 105 Å². The van der Waals surface area contributed by atoms with E-state index in [1.54, 1.807) is 37.3 Å². The van der Waals surface area contributed by atoms with Gasteiger partial charge in [-0.15, -0.1) is 0 Å². The Balaban J connectivity index is 1.72.